The molecule has 0 radical (unpaired) electrons. The first-order chi connectivity index (χ1) is 23.4. The fraction of sp³-hybridized carbons (Fsp3) is 0.458. The van der Waals surface area contributed by atoms with Crippen LogP contribution in [0.1, 0.15) is 116 Å². The molecule has 0 aliphatic heterocycles. The predicted octanol–water partition coefficient (Wildman–Crippen LogP) is 14.6. The molecule has 2 heteroatoms. The first-order valence-corrected chi connectivity index (χ1v) is 21.4. The summed E-state index contributed by atoms with van der Waals surface area (Å²) in [4.78, 5) is 0. The largest absolute Gasteiger partial charge is 0.170 e. The molecule has 0 bridgehead atoms. The Hall–Kier alpha value is -3.04. The summed E-state index contributed by atoms with van der Waals surface area (Å²) in [5.41, 5.74) is 7.53. The van der Waals surface area contributed by atoms with E-state index in [-0.39, 0.29) is 0 Å². The van der Waals surface area contributed by atoms with Gasteiger partial charge in [0.05, 0.1) is 0 Å². The number of hydrogen-bond acceptors (Lipinski definition) is 1. The molecule has 0 aromatic heterocycles. The number of hydrogen-bond donors (Lipinski definition) is 0. The van der Waals surface area contributed by atoms with Crippen LogP contribution in [-0.2, 0) is 0 Å². The summed E-state index contributed by atoms with van der Waals surface area (Å²) >= 11 is 1.70. The minimum absolute atomic E-state index is 0.447. The molecule has 0 fully saturated rings. The third kappa shape index (κ3) is 8.20. The lowest BCUT2D eigenvalue weighted by atomic mass is 9.88. The van der Waals surface area contributed by atoms with Gasteiger partial charge in [0, 0.05) is 16.4 Å². The lowest BCUT2D eigenvalue weighted by Gasteiger charge is -2.46. The first kappa shape index (κ1) is 39.7. The Morgan fingerprint density at radius 2 is 0.740 bits per heavy atom. The summed E-state index contributed by atoms with van der Waals surface area (Å²) in [6.45, 7) is 36.5. The minimum atomic E-state index is -1.22. The smallest absolute Gasteiger partial charge is 0.0412 e. The monoisotopic (exact) mass is 702 g/mol. The lowest BCUT2D eigenvalue weighted by molar-refractivity contribution is 0.457. The van der Waals surface area contributed by atoms with Gasteiger partial charge in [-0.05, 0) is 155 Å². The molecule has 266 valence electrons. The van der Waals surface area contributed by atoms with Gasteiger partial charge in [-0.15, -0.1) is 0 Å². The number of thioether (sulfide) groups is 1. The molecule has 5 aromatic rings. The summed E-state index contributed by atoms with van der Waals surface area (Å²) in [6, 6.07) is 18.9. The predicted molar refractivity (Wildman–Crippen MR) is 235 cm³/mol. The van der Waals surface area contributed by atoms with Gasteiger partial charge < -0.3 is 0 Å². The van der Waals surface area contributed by atoms with E-state index < -0.39 is 10.0 Å². The van der Waals surface area contributed by atoms with Crippen molar-refractivity contribution in [2.45, 2.75) is 132 Å². The quantitative estimate of drug-likeness (QED) is 0.130. The summed E-state index contributed by atoms with van der Waals surface area (Å²) in [5.74, 6) is 9.30. The van der Waals surface area contributed by atoms with E-state index in [9.17, 15) is 0 Å². The van der Waals surface area contributed by atoms with Crippen molar-refractivity contribution in [3.63, 3.8) is 0 Å². The molecule has 0 aliphatic carbocycles. The van der Waals surface area contributed by atoms with Gasteiger partial charge in [-0.3, -0.25) is 0 Å². The number of aryl methyl sites for hydroxylation is 4. The average Bonchev–Trinajstić information content (AvgIpc) is 3.01. The molecule has 0 aliphatic rings. The maximum absolute atomic E-state index is 4.04. The van der Waals surface area contributed by atoms with E-state index in [1.54, 1.807) is 11.8 Å². The van der Waals surface area contributed by atoms with Crippen molar-refractivity contribution in [1.29, 1.82) is 0 Å². The van der Waals surface area contributed by atoms with E-state index in [2.05, 4.69) is 182 Å². The highest BCUT2D eigenvalue weighted by Crippen LogP contribution is 2.59. The highest BCUT2D eigenvalue weighted by atomic mass is 32.3. The van der Waals surface area contributed by atoms with E-state index in [1.165, 1.54) is 65.3 Å². The lowest BCUT2D eigenvalue weighted by Crippen LogP contribution is -2.27. The number of rotatable bonds is 5. The molecule has 0 nitrogen and oxygen atoms in total. The van der Waals surface area contributed by atoms with Crippen LogP contribution in [0.4, 0.5) is 0 Å². The van der Waals surface area contributed by atoms with Gasteiger partial charge in [-0.1, -0.05) is 131 Å². The molecular weight excluding hydrogens is 641 g/mol. The Balaban J connectivity index is 0.000000860. The Kier molecular flexibility index (Phi) is 12.8. The van der Waals surface area contributed by atoms with Gasteiger partial charge in [-0.2, -0.15) is 10.0 Å². The van der Waals surface area contributed by atoms with Gasteiger partial charge in [0.25, 0.3) is 0 Å². The third-order valence-electron chi connectivity index (χ3n) is 10.8. The van der Waals surface area contributed by atoms with Crippen LogP contribution in [0.5, 0.6) is 0 Å². The molecule has 0 N–H and O–H groups in total. The van der Waals surface area contributed by atoms with Gasteiger partial charge in [0.2, 0.25) is 0 Å². The van der Waals surface area contributed by atoms with Gasteiger partial charge in [0.1, 0.15) is 0 Å². The maximum atomic E-state index is 4.04. The average molecular weight is 703 g/mol. The van der Waals surface area contributed by atoms with Crippen molar-refractivity contribution in [2.24, 2.45) is 11.8 Å². The van der Waals surface area contributed by atoms with Crippen LogP contribution >= 0.6 is 21.8 Å². The zero-order valence-electron chi connectivity index (χ0n) is 33.9. The Bertz CT molecular complexity index is 2010. The van der Waals surface area contributed by atoms with Crippen molar-refractivity contribution in [3.8, 4) is 22.3 Å². The molecule has 0 atom stereocenters. The Labute approximate surface area is 311 Å². The fourth-order valence-corrected chi connectivity index (χ4v) is 11.5. The van der Waals surface area contributed by atoms with Crippen LogP contribution in [0.25, 0.3) is 43.1 Å². The second kappa shape index (κ2) is 16.1. The molecule has 0 saturated carbocycles. The molecule has 5 aromatic carbocycles. The highest BCUT2D eigenvalue weighted by Gasteiger charge is 2.33. The molecule has 0 amide bonds. The molecule has 0 heterocycles. The molecular formula is C48H62S2. The van der Waals surface area contributed by atoms with Crippen molar-refractivity contribution in [1.82, 2.24) is 0 Å². The fourth-order valence-electron chi connectivity index (χ4n) is 6.87. The van der Waals surface area contributed by atoms with Crippen molar-refractivity contribution >= 4 is 64.9 Å². The van der Waals surface area contributed by atoms with Gasteiger partial charge in [0.15, 0.2) is 0 Å². The minimum Gasteiger partial charge on any atom is -0.170 e. The van der Waals surface area contributed by atoms with Crippen LogP contribution in [0, 0.1) is 61.9 Å². The van der Waals surface area contributed by atoms with E-state index in [4.69, 9.17) is 0 Å². The van der Waals surface area contributed by atoms with Crippen molar-refractivity contribution in [2.75, 3.05) is 0 Å². The summed E-state index contributed by atoms with van der Waals surface area (Å²) in [6.07, 6.45) is 0. The normalized spacial score (nSPS) is 12.4. The van der Waals surface area contributed by atoms with E-state index >= 15 is 0 Å². The number of fused-ring (bicyclic) bond motifs is 4. The van der Waals surface area contributed by atoms with Crippen molar-refractivity contribution in [3.05, 3.63) is 81.9 Å². The Morgan fingerprint density at radius 3 is 1.00 bits per heavy atom. The summed E-state index contributed by atoms with van der Waals surface area (Å²) in [5, 5.41) is 19.4. The van der Waals surface area contributed by atoms with Gasteiger partial charge in [-0.25, -0.2) is 0 Å². The zero-order valence-corrected chi connectivity index (χ0v) is 35.5. The van der Waals surface area contributed by atoms with Crippen LogP contribution in [0.15, 0.2) is 48.5 Å². The number of benzene rings is 5. The molecule has 0 unspecified atom stereocenters. The van der Waals surface area contributed by atoms with Crippen LogP contribution in [0.3, 0.4) is 0 Å². The standard InChI is InChI=1S/C42H48S2.C6H14/c1-25(2)43-15-13-37-39-21-33-17-29(9)31(11)19-35(33)23-41(39)38(14-16-44(26(3)4,27(5)6)28(7)8)42-24-36-20-32(12)30(10)18-34(36)22-40(37)42;1-5(2)6(3)4/h17-28H,1-12H3;5-6H,1-4H3. The second-order valence-electron chi connectivity index (χ2n) is 16.1. The first-order valence-electron chi connectivity index (χ1n) is 18.7. The molecule has 50 heavy (non-hydrogen) atoms. The SMILES string of the molecule is CC(C)C(C)C.Cc1cc2cc3c(C#CSC(C)C)c4cc5cc(C)c(C)cc5cc4c(C#CS(C(C)C)(C(C)C)C(C)C)c3cc2cc1C. The Morgan fingerprint density at radius 1 is 0.440 bits per heavy atom. The van der Waals surface area contributed by atoms with E-state index in [0.717, 1.165) is 23.0 Å². The van der Waals surface area contributed by atoms with Crippen molar-refractivity contribution < 1.29 is 0 Å². The third-order valence-corrected chi connectivity index (χ3v) is 16.6. The van der Waals surface area contributed by atoms with Gasteiger partial charge >= 0.3 is 0 Å². The van der Waals surface area contributed by atoms with Crippen LogP contribution in [-0.4, -0.2) is 21.0 Å². The molecule has 0 spiro atoms. The molecule has 0 saturated heterocycles. The maximum Gasteiger partial charge on any atom is 0.0412 e. The molecule has 5 rings (SSSR count). The van der Waals surface area contributed by atoms with Crippen LogP contribution in [0.2, 0.25) is 0 Å². The van der Waals surface area contributed by atoms with E-state index in [1.807, 2.05) is 0 Å². The topological polar surface area (TPSA) is 0 Å². The highest BCUT2D eigenvalue weighted by molar-refractivity contribution is 8.38. The second-order valence-corrected chi connectivity index (χ2v) is 22.1. The summed E-state index contributed by atoms with van der Waals surface area (Å²) in [7, 11) is -1.22. The summed E-state index contributed by atoms with van der Waals surface area (Å²) < 4.78 is 0. The van der Waals surface area contributed by atoms with Crippen LogP contribution < -0.4 is 0 Å². The zero-order chi connectivity index (χ0) is 37.2. The van der Waals surface area contributed by atoms with E-state index in [0.29, 0.717) is 21.0 Å².